The summed E-state index contributed by atoms with van der Waals surface area (Å²) in [6.07, 6.45) is 11.8. The van der Waals surface area contributed by atoms with E-state index in [9.17, 15) is 4.79 Å². The molecule has 5 nitrogen and oxygen atoms in total. The molecular weight excluding hydrogens is 338 g/mol. The van der Waals surface area contributed by atoms with Crippen LogP contribution in [0, 0.1) is 0 Å². The minimum Gasteiger partial charge on any atom is -0.477 e. The second-order valence-electron chi connectivity index (χ2n) is 7.18. The normalized spacial score (nSPS) is 15.1. The van der Waals surface area contributed by atoms with E-state index in [2.05, 4.69) is 28.5 Å². The number of ether oxygens (including phenoxy) is 1. The average molecular weight is 363 g/mol. The summed E-state index contributed by atoms with van der Waals surface area (Å²) in [6, 6.07) is 6.36. The van der Waals surface area contributed by atoms with E-state index in [4.69, 9.17) is 9.72 Å². The van der Waals surface area contributed by atoms with Gasteiger partial charge in [0.2, 0.25) is 5.88 Å². The van der Waals surface area contributed by atoms with Crippen LogP contribution < -0.4 is 10.1 Å². The van der Waals surface area contributed by atoms with Crippen molar-refractivity contribution in [2.24, 2.45) is 0 Å². The maximum absolute atomic E-state index is 12.1. The number of pyridine rings is 2. The molecule has 2 aromatic heterocycles. The Hall–Kier alpha value is -2.69. The number of hydrogen-bond donors (Lipinski definition) is 1. The highest BCUT2D eigenvalue weighted by molar-refractivity contribution is 5.93. The number of rotatable bonds is 7. The number of nitrogens with zero attached hydrogens (tertiary/aromatic N) is 2. The first-order valence-corrected chi connectivity index (χ1v) is 9.83. The number of anilines is 1. The topological polar surface area (TPSA) is 64.1 Å². The minimum absolute atomic E-state index is 0.159. The highest BCUT2D eigenvalue weighted by atomic mass is 16.5. The lowest BCUT2D eigenvalue weighted by Crippen LogP contribution is -2.14. The van der Waals surface area contributed by atoms with Crippen LogP contribution in [-0.2, 0) is 24.1 Å². The van der Waals surface area contributed by atoms with Gasteiger partial charge in [-0.15, -0.1) is 0 Å². The summed E-state index contributed by atoms with van der Waals surface area (Å²) in [5.74, 6) is 1.93. The van der Waals surface area contributed by atoms with E-state index in [1.807, 2.05) is 6.08 Å². The first-order chi connectivity index (χ1) is 13.3. The molecule has 0 fully saturated rings. The molecule has 0 saturated heterocycles. The van der Waals surface area contributed by atoms with Crippen LogP contribution in [0.2, 0.25) is 0 Å². The highest BCUT2D eigenvalue weighted by Gasteiger charge is 2.13. The molecule has 2 aliphatic heterocycles. The number of nitrogens with one attached hydrogen (secondary N) is 1. The van der Waals surface area contributed by atoms with Crippen LogP contribution in [0.3, 0.4) is 0 Å². The molecule has 0 aromatic carbocycles. The summed E-state index contributed by atoms with van der Waals surface area (Å²) < 4.78 is 5.40. The fourth-order valence-corrected chi connectivity index (χ4v) is 3.56. The summed E-state index contributed by atoms with van der Waals surface area (Å²) in [5.41, 5.74) is 4.51. The Morgan fingerprint density at radius 2 is 2.19 bits per heavy atom. The monoisotopic (exact) mass is 363 g/mol. The van der Waals surface area contributed by atoms with Gasteiger partial charge in [0.1, 0.15) is 5.82 Å². The van der Waals surface area contributed by atoms with Crippen LogP contribution in [0.15, 0.2) is 30.5 Å². The van der Waals surface area contributed by atoms with Gasteiger partial charge in [-0.25, -0.2) is 9.97 Å². The van der Waals surface area contributed by atoms with Crippen LogP contribution in [0.5, 0.6) is 5.88 Å². The van der Waals surface area contributed by atoms with Crippen LogP contribution in [-0.4, -0.2) is 28.9 Å². The summed E-state index contributed by atoms with van der Waals surface area (Å²) in [7, 11) is 0. The van der Waals surface area contributed by atoms with Gasteiger partial charge >= 0.3 is 0 Å². The maximum Gasteiger partial charge on any atom is 0.216 e. The first kappa shape index (κ1) is 17.7. The largest absolute Gasteiger partial charge is 0.477 e. The standard InChI is InChI=1S/C22H25N3O2/c26-20(10-7-16-14-18-11-13-27-22(18)24-15-16)6-2-1-5-19-9-8-17-4-3-12-23-21(17)25-19/h7-10,14-15H,1-6,11-13H2,(H,23,25). The van der Waals surface area contributed by atoms with Gasteiger partial charge in [-0.3, -0.25) is 4.79 Å². The lowest BCUT2D eigenvalue weighted by atomic mass is 10.0. The second-order valence-corrected chi connectivity index (χ2v) is 7.18. The predicted octanol–water partition coefficient (Wildman–Crippen LogP) is 3.76. The average Bonchev–Trinajstić information content (AvgIpc) is 3.17. The number of allylic oxidation sites excluding steroid dienone is 1. The molecule has 0 unspecified atom stereocenters. The molecular formula is C22H25N3O2. The van der Waals surface area contributed by atoms with Crippen molar-refractivity contribution in [2.75, 3.05) is 18.5 Å². The van der Waals surface area contributed by atoms with Crippen LogP contribution in [0.1, 0.15) is 48.1 Å². The number of carbonyl (C=O) groups is 1. The highest BCUT2D eigenvalue weighted by Crippen LogP contribution is 2.23. The van der Waals surface area contributed by atoms with Crippen LogP contribution in [0.4, 0.5) is 5.82 Å². The molecule has 140 valence electrons. The van der Waals surface area contributed by atoms with Crippen molar-refractivity contribution >= 4 is 17.7 Å². The third-order valence-corrected chi connectivity index (χ3v) is 5.08. The molecule has 4 heterocycles. The molecule has 2 aliphatic rings. The third-order valence-electron chi connectivity index (χ3n) is 5.08. The fourth-order valence-electron chi connectivity index (χ4n) is 3.56. The Morgan fingerprint density at radius 3 is 3.15 bits per heavy atom. The lowest BCUT2D eigenvalue weighted by Gasteiger charge is -2.17. The minimum atomic E-state index is 0.159. The van der Waals surface area contributed by atoms with Crippen molar-refractivity contribution in [3.05, 3.63) is 52.9 Å². The van der Waals surface area contributed by atoms with Crippen LogP contribution in [0.25, 0.3) is 6.08 Å². The first-order valence-electron chi connectivity index (χ1n) is 9.83. The van der Waals surface area contributed by atoms with E-state index in [-0.39, 0.29) is 5.78 Å². The molecule has 0 aliphatic carbocycles. The molecule has 0 spiro atoms. The van der Waals surface area contributed by atoms with E-state index in [0.29, 0.717) is 13.0 Å². The maximum atomic E-state index is 12.1. The van der Waals surface area contributed by atoms with Gasteiger partial charge in [0.15, 0.2) is 5.78 Å². The van der Waals surface area contributed by atoms with Crippen molar-refractivity contribution in [3.8, 4) is 5.88 Å². The van der Waals surface area contributed by atoms with E-state index in [1.54, 1.807) is 12.3 Å². The van der Waals surface area contributed by atoms with E-state index in [1.165, 1.54) is 12.0 Å². The summed E-state index contributed by atoms with van der Waals surface area (Å²) in [6.45, 7) is 1.71. The second kappa shape index (κ2) is 8.33. The molecule has 1 N–H and O–H groups in total. The zero-order valence-electron chi connectivity index (χ0n) is 15.5. The number of aromatic nitrogens is 2. The molecule has 0 saturated carbocycles. The Kier molecular flexibility index (Phi) is 5.47. The van der Waals surface area contributed by atoms with Gasteiger partial charge in [-0.2, -0.15) is 0 Å². The van der Waals surface area contributed by atoms with Gasteiger partial charge in [0, 0.05) is 36.8 Å². The van der Waals surface area contributed by atoms with Crippen LogP contribution >= 0.6 is 0 Å². The van der Waals surface area contributed by atoms with E-state index < -0.39 is 0 Å². The van der Waals surface area contributed by atoms with Crippen molar-refractivity contribution in [1.82, 2.24) is 9.97 Å². The fraction of sp³-hybridized carbons (Fsp3) is 0.409. The number of carbonyl (C=O) groups excluding carboxylic acids is 1. The number of hydrogen-bond acceptors (Lipinski definition) is 5. The Bertz CT molecular complexity index is 861. The van der Waals surface area contributed by atoms with Crippen molar-refractivity contribution in [1.29, 1.82) is 0 Å². The Labute approximate surface area is 159 Å². The SMILES string of the molecule is O=C(C=Cc1cnc2c(c1)CCO2)CCCCc1ccc2c(n1)NCCC2. The van der Waals surface area contributed by atoms with Gasteiger partial charge in [-0.05, 0) is 67.5 Å². The predicted molar refractivity (Wildman–Crippen MR) is 106 cm³/mol. The Morgan fingerprint density at radius 1 is 1.22 bits per heavy atom. The van der Waals surface area contributed by atoms with Gasteiger partial charge in [0.05, 0.1) is 6.61 Å². The third kappa shape index (κ3) is 4.54. The molecule has 5 heteroatoms. The lowest BCUT2D eigenvalue weighted by molar-refractivity contribution is -0.114. The van der Waals surface area contributed by atoms with Crippen molar-refractivity contribution in [3.63, 3.8) is 0 Å². The summed E-state index contributed by atoms with van der Waals surface area (Å²) in [5, 5.41) is 3.37. The number of fused-ring (bicyclic) bond motifs is 2. The van der Waals surface area contributed by atoms with Gasteiger partial charge in [0.25, 0.3) is 0 Å². The molecule has 27 heavy (non-hydrogen) atoms. The molecule has 2 aromatic rings. The van der Waals surface area contributed by atoms with Gasteiger partial charge < -0.3 is 10.1 Å². The molecule has 0 radical (unpaired) electrons. The number of aryl methyl sites for hydroxylation is 2. The molecule has 0 atom stereocenters. The molecule has 0 amide bonds. The zero-order valence-corrected chi connectivity index (χ0v) is 15.5. The van der Waals surface area contributed by atoms with Gasteiger partial charge in [-0.1, -0.05) is 6.07 Å². The molecule has 0 bridgehead atoms. The quantitative estimate of drug-likeness (QED) is 0.599. The number of ketones is 1. The van der Waals surface area contributed by atoms with E-state index in [0.717, 1.165) is 67.2 Å². The molecule has 4 rings (SSSR count). The van der Waals surface area contributed by atoms with Crippen molar-refractivity contribution < 1.29 is 9.53 Å². The van der Waals surface area contributed by atoms with Crippen molar-refractivity contribution in [2.45, 2.75) is 44.9 Å². The smallest absolute Gasteiger partial charge is 0.216 e. The number of unbranched alkanes of at least 4 members (excludes halogenated alkanes) is 1. The Balaban J connectivity index is 1.21. The van der Waals surface area contributed by atoms with E-state index >= 15 is 0 Å². The summed E-state index contributed by atoms with van der Waals surface area (Å²) in [4.78, 5) is 21.1. The zero-order chi connectivity index (χ0) is 18.5. The summed E-state index contributed by atoms with van der Waals surface area (Å²) >= 11 is 0.